The van der Waals surface area contributed by atoms with Gasteiger partial charge < -0.3 is 15.1 Å². The molecule has 0 aliphatic carbocycles. The molecule has 0 unspecified atom stereocenters. The largest absolute Gasteiger partial charge is 0.367 e. The zero-order chi connectivity index (χ0) is 21.4. The highest BCUT2D eigenvalue weighted by Gasteiger charge is 2.29. The maximum Gasteiger partial charge on any atom is 0.261 e. The summed E-state index contributed by atoms with van der Waals surface area (Å²) in [4.78, 5) is 35.6. The van der Waals surface area contributed by atoms with Gasteiger partial charge in [-0.05, 0) is 44.9 Å². The molecule has 3 aliphatic rings. The van der Waals surface area contributed by atoms with Gasteiger partial charge in [0, 0.05) is 49.9 Å². The van der Waals surface area contributed by atoms with Crippen molar-refractivity contribution in [2.45, 2.75) is 65.1 Å². The molecule has 1 aromatic heterocycles. The molecule has 7 nitrogen and oxygen atoms in total. The lowest BCUT2D eigenvalue weighted by Gasteiger charge is -2.33. The Bertz CT molecular complexity index is 989. The summed E-state index contributed by atoms with van der Waals surface area (Å²) in [5, 5.41) is 3.47. The van der Waals surface area contributed by atoms with Crippen molar-refractivity contribution in [3.05, 3.63) is 34.4 Å². The molecule has 30 heavy (non-hydrogen) atoms. The number of anilines is 1. The zero-order valence-corrected chi connectivity index (χ0v) is 18.5. The summed E-state index contributed by atoms with van der Waals surface area (Å²) in [5.41, 5.74) is 1.66. The van der Waals surface area contributed by atoms with Crippen LogP contribution in [0.4, 0.5) is 5.69 Å². The number of benzene rings is 1. The van der Waals surface area contributed by atoms with Crippen molar-refractivity contribution in [2.24, 2.45) is 0 Å². The van der Waals surface area contributed by atoms with E-state index in [4.69, 9.17) is 4.98 Å². The lowest BCUT2D eigenvalue weighted by atomic mass is 10.0. The standard InChI is InChI=1S/C23H33N5O2/c1-15(2)22-25-20-6-5-18(27-12-11-26-9-7-17(27)8-10-26)13-19(20)23(30)28(22)14-21(29)24-16(3)4/h5-6,13,15-17H,7-12,14H2,1-4H3,(H,24,29). The number of carbonyl (C=O) groups is 1. The van der Waals surface area contributed by atoms with E-state index in [1.807, 2.05) is 39.8 Å². The molecule has 162 valence electrons. The second-order valence-corrected chi connectivity index (χ2v) is 9.21. The van der Waals surface area contributed by atoms with Gasteiger partial charge in [-0.25, -0.2) is 4.98 Å². The normalized spacial score (nSPS) is 21.5. The van der Waals surface area contributed by atoms with E-state index >= 15 is 0 Å². The topological polar surface area (TPSA) is 70.5 Å². The third-order valence-electron chi connectivity index (χ3n) is 6.22. The summed E-state index contributed by atoms with van der Waals surface area (Å²) in [6.45, 7) is 12.2. The monoisotopic (exact) mass is 411 g/mol. The van der Waals surface area contributed by atoms with Gasteiger partial charge in [0.2, 0.25) is 5.91 Å². The van der Waals surface area contributed by atoms with Crippen LogP contribution in [-0.2, 0) is 11.3 Å². The van der Waals surface area contributed by atoms with Gasteiger partial charge in [0.1, 0.15) is 12.4 Å². The Hall–Kier alpha value is -2.41. The minimum Gasteiger partial charge on any atom is -0.367 e. The highest BCUT2D eigenvalue weighted by Crippen LogP contribution is 2.28. The second kappa shape index (κ2) is 8.38. The molecule has 4 heterocycles. The van der Waals surface area contributed by atoms with Gasteiger partial charge in [-0.2, -0.15) is 0 Å². The molecule has 7 heteroatoms. The maximum atomic E-state index is 13.5. The molecule has 1 amide bonds. The average Bonchev–Trinajstić information content (AvgIpc) is 3.03. The fraction of sp³-hybridized carbons (Fsp3) is 0.609. The summed E-state index contributed by atoms with van der Waals surface area (Å²) in [6, 6.07) is 6.61. The number of hydrogen-bond donors (Lipinski definition) is 1. The predicted octanol–water partition coefficient (Wildman–Crippen LogP) is 2.33. The molecule has 5 rings (SSSR count). The Morgan fingerprint density at radius 1 is 1.13 bits per heavy atom. The molecule has 1 aromatic carbocycles. The molecule has 2 aromatic rings. The summed E-state index contributed by atoms with van der Waals surface area (Å²) < 4.78 is 1.55. The van der Waals surface area contributed by atoms with Gasteiger partial charge >= 0.3 is 0 Å². The summed E-state index contributed by atoms with van der Waals surface area (Å²) in [6.07, 6.45) is 2.34. The lowest BCUT2D eigenvalue weighted by Crippen LogP contribution is -2.38. The first kappa shape index (κ1) is 20.8. The van der Waals surface area contributed by atoms with Gasteiger partial charge in [-0.3, -0.25) is 14.2 Å². The van der Waals surface area contributed by atoms with Crippen LogP contribution in [0.25, 0.3) is 10.9 Å². The molecule has 2 bridgehead atoms. The van der Waals surface area contributed by atoms with Crippen LogP contribution in [0, 0.1) is 0 Å². The molecule has 0 spiro atoms. The molecule has 1 N–H and O–H groups in total. The molecule has 0 radical (unpaired) electrons. The zero-order valence-electron chi connectivity index (χ0n) is 18.5. The van der Waals surface area contributed by atoms with Crippen LogP contribution < -0.4 is 15.8 Å². The number of carbonyl (C=O) groups excluding carboxylic acids is 1. The Morgan fingerprint density at radius 2 is 1.87 bits per heavy atom. The minimum absolute atomic E-state index is 0.000998. The molecule has 0 atom stereocenters. The molecule has 0 saturated carbocycles. The van der Waals surface area contributed by atoms with E-state index in [1.165, 1.54) is 12.8 Å². The predicted molar refractivity (Wildman–Crippen MR) is 120 cm³/mol. The quantitative estimate of drug-likeness (QED) is 0.818. The van der Waals surface area contributed by atoms with E-state index in [1.54, 1.807) is 4.57 Å². The first-order chi connectivity index (χ1) is 14.3. The van der Waals surface area contributed by atoms with Gasteiger partial charge in [0.25, 0.3) is 5.56 Å². The highest BCUT2D eigenvalue weighted by atomic mass is 16.2. The SMILES string of the molecule is CC(C)NC(=O)Cn1c(C(C)C)nc2ccc(N3CCN4CCC3CC4)cc2c1=O. The average molecular weight is 412 g/mol. The number of fused-ring (bicyclic) bond motifs is 5. The van der Waals surface area contributed by atoms with E-state index in [0.29, 0.717) is 22.8 Å². The molecule has 3 aliphatic heterocycles. The van der Waals surface area contributed by atoms with Crippen LogP contribution in [-0.4, -0.2) is 58.6 Å². The summed E-state index contributed by atoms with van der Waals surface area (Å²) >= 11 is 0. The maximum absolute atomic E-state index is 13.5. The van der Waals surface area contributed by atoms with Crippen LogP contribution in [0.3, 0.4) is 0 Å². The van der Waals surface area contributed by atoms with Crippen molar-refractivity contribution in [3.63, 3.8) is 0 Å². The Balaban J connectivity index is 1.75. The minimum atomic E-state index is -0.162. The van der Waals surface area contributed by atoms with Crippen LogP contribution in [0.1, 0.15) is 52.3 Å². The lowest BCUT2D eigenvalue weighted by molar-refractivity contribution is -0.122. The number of hydrogen-bond acceptors (Lipinski definition) is 5. The molecule has 3 fully saturated rings. The van der Waals surface area contributed by atoms with E-state index in [9.17, 15) is 9.59 Å². The number of nitrogens with zero attached hydrogens (tertiary/aromatic N) is 4. The van der Waals surface area contributed by atoms with Gasteiger partial charge in [-0.15, -0.1) is 0 Å². The van der Waals surface area contributed by atoms with Crippen molar-refractivity contribution in [1.82, 2.24) is 19.8 Å². The molecule has 3 saturated heterocycles. The van der Waals surface area contributed by atoms with Crippen molar-refractivity contribution in [1.29, 1.82) is 0 Å². The van der Waals surface area contributed by atoms with Gasteiger partial charge in [0.05, 0.1) is 10.9 Å². The van der Waals surface area contributed by atoms with Gasteiger partial charge in [0.15, 0.2) is 0 Å². The number of piperidine rings is 1. The third-order valence-corrected chi connectivity index (χ3v) is 6.22. The number of nitrogens with one attached hydrogen (secondary N) is 1. The van der Waals surface area contributed by atoms with Crippen molar-refractivity contribution < 1.29 is 4.79 Å². The van der Waals surface area contributed by atoms with E-state index < -0.39 is 0 Å². The number of aromatic nitrogens is 2. The van der Waals surface area contributed by atoms with Crippen molar-refractivity contribution in [2.75, 3.05) is 31.1 Å². The third kappa shape index (κ3) is 4.08. The van der Waals surface area contributed by atoms with Gasteiger partial charge in [-0.1, -0.05) is 13.8 Å². The van der Waals surface area contributed by atoms with E-state index in [2.05, 4.69) is 21.2 Å². The second-order valence-electron chi connectivity index (χ2n) is 9.21. The summed E-state index contributed by atoms with van der Waals surface area (Å²) in [5.74, 6) is 0.536. The van der Waals surface area contributed by atoms with Crippen molar-refractivity contribution >= 4 is 22.5 Å². The van der Waals surface area contributed by atoms with Crippen LogP contribution in [0.2, 0.25) is 0 Å². The van der Waals surface area contributed by atoms with Crippen molar-refractivity contribution in [3.8, 4) is 0 Å². The first-order valence-electron chi connectivity index (χ1n) is 11.2. The fourth-order valence-electron chi connectivity index (χ4n) is 4.74. The molecular formula is C23H33N5O2. The highest BCUT2D eigenvalue weighted by molar-refractivity contribution is 5.83. The van der Waals surface area contributed by atoms with Crippen LogP contribution >= 0.6 is 0 Å². The smallest absolute Gasteiger partial charge is 0.261 e. The Morgan fingerprint density at radius 3 is 2.53 bits per heavy atom. The fourth-order valence-corrected chi connectivity index (χ4v) is 4.74. The first-order valence-corrected chi connectivity index (χ1v) is 11.2. The molecular weight excluding hydrogens is 378 g/mol. The Labute approximate surface area is 178 Å². The van der Waals surface area contributed by atoms with E-state index in [0.717, 1.165) is 31.9 Å². The summed E-state index contributed by atoms with van der Waals surface area (Å²) in [7, 11) is 0. The number of amides is 1. The number of rotatable bonds is 5. The van der Waals surface area contributed by atoms with E-state index in [-0.39, 0.29) is 30.0 Å². The Kier molecular flexibility index (Phi) is 5.82. The van der Waals surface area contributed by atoms with Crippen LogP contribution in [0.5, 0.6) is 0 Å². The van der Waals surface area contributed by atoms with Crippen LogP contribution in [0.15, 0.2) is 23.0 Å².